The van der Waals surface area contributed by atoms with Crippen molar-refractivity contribution in [2.24, 2.45) is 0 Å². The third-order valence-electron chi connectivity index (χ3n) is 3.25. The zero-order valence-electron chi connectivity index (χ0n) is 12.5. The van der Waals surface area contributed by atoms with Crippen molar-refractivity contribution < 1.29 is 17.9 Å². The SMILES string of the molecule is CCCC(C)N(C)S(=O)(=O)c1c(C)csc1C(=O)OC. The molecule has 1 heterocycles. The molecule has 0 aliphatic heterocycles. The number of nitrogens with zero attached hydrogens (tertiary/aromatic N) is 1. The number of hydrogen-bond acceptors (Lipinski definition) is 5. The first-order valence-corrected chi connectivity index (χ1v) is 8.73. The Bertz CT molecular complexity index is 577. The van der Waals surface area contributed by atoms with Crippen molar-refractivity contribution in [3.63, 3.8) is 0 Å². The maximum atomic E-state index is 12.7. The maximum Gasteiger partial charge on any atom is 0.349 e. The van der Waals surface area contributed by atoms with E-state index >= 15 is 0 Å². The monoisotopic (exact) mass is 319 g/mol. The van der Waals surface area contributed by atoms with Crippen LogP contribution < -0.4 is 0 Å². The standard InChI is InChI=1S/C13H21NO4S2/c1-6-7-10(3)14(4)20(16,17)12-9(2)8-19-11(12)13(15)18-5/h8,10H,6-7H2,1-5H3. The van der Waals surface area contributed by atoms with Gasteiger partial charge in [0.1, 0.15) is 9.77 Å². The summed E-state index contributed by atoms with van der Waals surface area (Å²) in [6.45, 7) is 5.56. The molecule has 7 heteroatoms. The Kier molecular flexibility index (Phi) is 5.73. The molecule has 0 fully saturated rings. The fourth-order valence-electron chi connectivity index (χ4n) is 1.97. The lowest BCUT2D eigenvalue weighted by Crippen LogP contribution is -2.35. The summed E-state index contributed by atoms with van der Waals surface area (Å²) in [5, 5.41) is 1.66. The summed E-state index contributed by atoms with van der Waals surface area (Å²) in [5.74, 6) is -0.613. The first kappa shape index (κ1) is 17.1. The van der Waals surface area contributed by atoms with Gasteiger partial charge in [-0.2, -0.15) is 4.31 Å². The second-order valence-electron chi connectivity index (χ2n) is 4.73. The third kappa shape index (κ3) is 3.21. The van der Waals surface area contributed by atoms with Crippen molar-refractivity contribution in [3.05, 3.63) is 15.8 Å². The summed E-state index contributed by atoms with van der Waals surface area (Å²) in [4.78, 5) is 11.9. The molecule has 0 radical (unpaired) electrons. The predicted octanol–water partition coefficient (Wildman–Crippen LogP) is 2.65. The topological polar surface area (TPSA) is 63.7 Å². The quantitative estimate of drug-likeness (QED) is 0.756. The minimum atomic E-state index is -3.69. The molecule has 0 spiro atoms. The normalized spacial score (nSPS) is 13.5. The van der Waals surface area contributed by atoms with Crippen LogP contribution in [-0.2, 0) is 14.8 Å². The van der Waals surface area contributed by atoms with E-state index in [4.69, 9.17) is 0 Å². The molecule has 0 bridgehead atoms. The van der Waals surface area contributed by atoms with Crippen LogP contribution >= 0.6 is 11.3 Å². The molecule has 114 valence electrons. The van der Waals surface area contributed by atoms with Crippen LogP contribution in [0, 0.1) is 6.92 Å². The van der Waals surface area contributed by atoms with E-state index in [0.29, 0.717) is 5.56 Å². The molecule has 1 atom stereocenters. The summed E-state index contributed by atoms with van der Waals surface area (Å²) in [6, 6.07) is -0.116. The summed E-state index contributed by atoms with van der Waals surface area (Å²) < 4.78 is 31.4. The zero-order valence-corrected chi connectivity index (χ0v) is 14.1. The zero-order chi connectivity index (χ0) is 15.5. The Morgan fingerprint density at radius 3 is 2.60 bits per heavy atom. The number of carbonyl (C=O) groups is 1. The number of rotatable bonds is 6. The highest BCUT2D eigenvalue weighted by molar-refractivity contribution is 7.89. The molecule has 5 nitrogen and oxygen atoms in total. The molecular weight excluding hydrogens is 298 g/mol. The molecule has 0 amide bonds. The van der Waals surface area contributed by atoms with Crippen molar-refractivity contribution >= 4 is 27.3 Å². The van der Waals surface area contributed by atoms with Gasteiger partial charge in [-0.25, -0.2) is 13.2 Å². The van der Waals surface area contributed by atoms with E-state index in [1.54, 1.807) is 19.4 Å². The minimum absolute atomic E-state index is 0.0693. The molecule has 0 aliphatic rings. The Balaban J connectivity index is 3.29. The van der Waals surface area contributed by atoms with Crippen molar-refractivity contribution in [3.8, 4) is 0 Å². The molecule has 1 unspecified atom stereocenters. The van der Waals surface area contributed by atoms with Crippen molar-refractivity contribution in [2.75, 3.05) is 14.2 Å². The lowest BCUT2D eigenvalue weighted by molar-refractivity contribution is 0.0602. The van der Waals surface area contributed by atoms with Gasteiger partial charge in [0.2, 0.25) is 10.0 Å². The maximum absolute atomic E-state index is 12.7. The summed E-state index contributed by atoms with van der Waals surface area (Å²) in [6.07, 6.45) is 1.67. The van der Waals surface area contributed by atoms with Crippen LogP contribution in [0.1, 0.15) is 41.9 Å². The second-order valence-corrected chi connectivity index (χ2v) is 7.54. The highest BCUT2D eigenvalue weighted by atomic mass is 32.2. The number of sulfonamides is 1. The van der Waals surface area contributed by atoms with Crippen LogP contribution in [0.4, 0.5) is 0 Å². The van der Waals surface area contributed by atoms with Gasteiger partial charge in [-0.3, -0.25) is 0 Å². The van der Waals surface area contributed by atoms with Gasteiger partial charge in [-0.15, -0.1) is 11.3 Å². The van der Waals surface area contributed by atoms with Gasteiger partial charge in [0.05, 0.1) is 7.11 Å². The van der Waals surface area contributed by atoms with Crippen LogP contribution in [0.15, 0.2) is 10.3 Å². The van der Waals surface area contributed by atoms with E-state index in [-0.39, 0.29) is 15.8 Å². The first-order chi connectivity index (χ1) is 9.27. The van der Waals surface area contributed by atoms with Crippen LogP contribution in [0.3, 0.4) is 0 Å². The van der Waals surface area contributed by atoms with Gasteiger partial charge in [0.15, 0.2) is 0 Å². The smallest absolute Gasteiger partial charge is 0.349 e. The molecule has 0 saturated carbocycles. The highest BCUT2D eigenvalue weighted by Crippen LogP contribution is 2.30. The lowest BCUT2D eigenvalue weighted by Gasteiger charge is -2.24. The van der Waals surface area contributed by atoms with E-state index in [0.717, 1.165) is 24.2 Å². The van der Waals surface area contributed by atoms with Crippen LogP contribution in [-0.4, -0.2) is 38.9 Å². The number of ether oxygens (including phenoxy) is 1. The first-order valence-electron chi connectivity index (χ1n) is 6.41. The van der Waals surface area contributed by atoms with Gasteiger partial charge < -0.3 is 4.74 Å². The summed E-state index contributed by atoms with van der Waals surface area (Å²) in [5.41, 5.74) is 0.575. The van der Waals surface area contributed by atoms with Gasteiger partial charge >= 0.3 is 5.97 Å². The Hall–Kier alpha value is -0.920. The molecular formula is C13H21NO4S2. The fourth-order valence-corrected chi connectivity index (χ4v) is 5.01. The van der Waals surface area contributed by atoms with Crippen LogP contribution in [0.2, 0.25) is 0 Å². The van der Waals surface area contributed by atoms with Crippen LogP contribution in [0.25, 0.3) is 0 Å². The molecule has 1 rings (SSSR count). The summed E-state index contributed by atoms with van der Waals surface area (Å²) >= 11 is 1.10. The predicted molar refractivity (Wildman–Crippen MR) is 79.7 cm³/mol. The van der Waals surface area contributed by atoms with E-state index in [2.05, 4.69) is 4.74 Å². The molecule has 0 N–H and O–H groups in total. The van der Waals surface area contributed by atoms with Crippen molar-refractivity contribution in [2.45, 2.75) is 44.6 Å². The number of carbonyl (C=O) groups excluding carboxylic acids is 1. The molecule has 0 aliphatic carbocycles. The van der Waals surface area contributed by atoms with Crippen molar-refractivity contribution in [1.29, 1.82) is 0 Å². The minimum Gasteiger partial charge on any atom is -0.465 e. The highest BCUT2D eigenvalue weighted by Gasteiger charge is 2.32. The Morgan fingerprint density at radius 1 is 1.50 bits per heavy atom. The third-order valence-corrected chi connectivity index (χ3v) is 6.62. The van der Waals surface area contributed by atoms with E-state index in [1.807, 2.05) is 13.8 Å². The Morgan fingerprint density at radius 2 is 2.10 bits per heavy atom. The van der Waals surface area contributed by atoms with Gasteiger partial charge in [0, 0.05) is 13.1 Å². The number of hydrogen-bond donors (Lipinski definition) is 0. The average Bonchev–Trinajstić information content (AvgIpc) is 2.79. The van der Waals surface area contributed by atoms with Crippen molar-refractivity contribution in [1.82, 2.24) is 4.31 Å². The summed E-state index contributed by atoms with van der Waals surface area (Å²) in [7, 11) is -0.894. The number of esters is 1. The van der Waals surface area contributed by atoms with Gasteiger partial charge in [0.25, 0.3) is 0 Å². The van der Waals surface area contributed by atoms with E-state index < -0.39 is 16.0 Å². The van der Waals surface area contributed by atoms with Gasteiger partial charge in [-0.1, -0.05) is 13.3 Å². The molecule has 1 aromatic heterocycles. The Labute approximate surface area is 124 Å². The van der Waals surface area contributed by atoms with E-state index in [9.17, 15) is 13.2 Å². The number of aryl methyl sites for hydroxylation is 1. The average molecular weight is 319 g/mol. The van der Waals surface area contributed by atoms with Crippen LogP contribution in [0.5, 0.6) is 0 Å². The van der Waals surface area contributed by atoms with Gasteiger partial charge in [-0.05, 0) is 31.2 Å². The molecule has 0 aromatic carbocycles. The second kappa shape index (κ2) is 6.69. The molecule has 1 aromatic rings. The fraction of sp³-hybridized carbons (Fsp3) is 0.615. The lowest BCUT2D eigenvalue weighted by atomic mass is 10.2. The molecule has 20 heavy (non-hydrogen) atoms. The van der Waals surface area contributed by atoms with E-state index in [1.165, 1.54) is 11.4 Å². The number of thiophene rings is 1. The number of methoxy groups -OCH3 is 1. The molecule has 0 saturated heterocycles. The largest absolute Gasteiger partial charge is 0.465 e.